The highest BCUT2D eigenvalue weighted by atomic mass is 35.5. The van der Waals surface area contributed by atoms with Crippen LogP contribution >= 0.6 is 11.6 Å². The first-order chi connectivity index (χ1) is 15.3. The van der Waals surface area contributed by atoms with Crippen molar-refractivity contribution in [3.05, 3.63) is 88.4 Å². The molecule has 166 valence electrons. The van der Waals surface area contributed by atoms with E-state index in [2.05, 4.69) is 5.32 Å². The van der Waals surface area contributed by atoms with Crippen molar-refractivity contribution in [3.8, 4) is 5.75 Å². The number of rotatable bonds is 6. The number of benzene rings is 3. The van der Waals surface area contributed by atoms with Gasteiger partial charge in [0.1, 0.15) is 5.75 Å². The quantitative estimate of drug-likeness (QED) is 0.579. The zero-order valence-electron chi connectivity index (χ0n) is 17.5. The van der Waals surface area contributed by atoms with Gasteiger partial charge in [0.2, 0.25) is 10.0 Å². The van der Waals surface area contributed by atoms with Crippen molar-refractivity contribution in [3.63, 3.8) is 0 Å². The molecule has 8 heteroatoms. The molecule has 0 saturated heterocycles. The number of nitrogens with one attached hydrogen (secondary N) is 1. The number of sulfonamides is 1. The molecule has 0 aliphatic carbocycles. The highest BCUT2D eigenvalue weighted by Crippen LogP contribution is 2.31. The normalized spacial score (nSPS) is 13.9. The second kappa shape index (κ2) is 9.32. The molecule has 0 bridgehead atoms. The summed E-state index contributed by atoms with van der Waals surface area (Å²) in [4.78, 5) is 12.3. The predicted octanol–water partition coefficient (Wildman–Crippen LogP) is 4.41. The lowest BCUT2D eigenvalue weighted by Gasteiger charge is -2.28. The van der Waals surface area contributed by atoms with E-state index in [4.69, 9.17) is 16.3 Å². The van der Waals surface area contributed by atoms with Crippen LogP contribution in [0.1, 0.15) is 16.7 Å². The molecule has 0 aromatic heterocycles. The largest absolute Gasteiger partial charge is 0.482 e. The molecule has 3 aromatic carbocycles. The van der Waals surface area contributed by atoms with Crippen LogP contribution in [0.5, 0.6) is 5.75 Å². The highest BCUT2D eigenvalue weighted by Gasteiger charge is 2.28. The Bertz CT molecular complexity index is 1260. The van der Waals surface area contributed by atoms with Gasteiger partial charge in [-0.2, -0.15) is 4.31 Å². The Kier molecular flexibility index (Phi) is 6.50. The van der Waals surface area contributed by atoms with Crippen molar-refractivity contribution in [1.82, 2.24) is 4.31 Å². The van der Waals surface area contributed by atoms with Crippen LogP contribution in [0.3, 0.4) is 0 Å². The van der Waals surface area contributed by atoms with E-state index in [0.29, 0.717) is 25.2 Å². The predicted molar refractivity (Wildman–Crippen MR) is 124 cm³/mol. The van der Waals surface area contributed by atoms with Crippen LogP contribution in [0.15, 0.2) is 71.6 Å². The van der Waals surface area contributed by atoms with Gasteiger partial charge < -0.3 is 10.1 Å². The van der Waals surface area contributed by atoms with E-state index >= 15 is 0 Å². The first-order valence-electron chi connectivity index (χ1n) is 10.2. The van der Waals surface area contributed by atoms with Crippen molar-refractivity contribution in [2.45, 2.75) is 24.8 Å². The van der Waals surface area contributed by atoms with Gasteiger partial charge in [-0.05, 0) is 60.4 Å². The Hall–Kier alpha value is -2.87. The number of aryl methyl sites for hydroxylation is 1. The van der Waals surface area contributed by atoms with Gasteiger partial charge in [-0.15, -0.1) is 0 Å². The Morgan fingerprint density at radius 1 is 1.06 bits per heavy atom. The second-order valence-corrected chi connectivity index (χ2v) is 10.0. The van der Waals surface area contributed by atoms with Gasteiger partial charge in [0, 0.05) is 18.8 Å². The highest BCUT2D eigenvalue weighted by molar-refractivity contribution is 7.89. The fourth-order valence-electron chi connectivity index (χ4n) is 3.65. The minimum absolute atomic E-state index is 0.0958. The van der Waals surface area contributed by atoms with Crippen LogP contribution in [-0.4, -0.2) is 31.8 Å². The molecule has 1 aliphatic rings. The molecule has 1 N–H and O–H groups in total. The zero-order chi connectivity index (χ0) is 22.7. The van der Waals surface area contributed by atoms with E-state index in [1.807, 2.05) is 49.4 Å². The average Bonchev–Trinajstić information content (AvgIpc) is 2.78. The fraction of sp³-hybridized carbons (Fsp3) is 0.208. The monoisotopic (exact) mass is 470 g/mol. The third kappa shape index (κ3) is 4.96. The Balaban J connectivity index is 1.42. The van der Waals surface area contributed by atoms with Gasteiger partial charge in [0.15, 0.2) is 6.61 Å². The van der Waals surface area contributed by atoms with E-state index in [-0.39, 0.29) is 28.2 Å². The van der Waals surface area contributed by atoms with E-state index in [9.17, 15) is 13.2 Å². The summed E-state index contributed by atoms with van der Waals surface area (Å²) in [7, 11) is -3.71. The number of anilines is 1. The van der Waals surface area contributed by atoms with Gasteiger partial charge >= 0.3 is 0 Å². The summed E-state index contributed by atoms with van der Waals surface area (Å²) in [6, 6.07) is 19.6. The number of ether oxygens (including phenoxy) is 1. The number of amides is 1. The topological polar surface area (TPSA) is 75.7 Å². The molecule has 1 heterocycles. The van der Waals surface area contributed by atoms with Crippen molar-refractivity contribution < 1.29 is 17.9 Å². The third-order valence-corrected chi connectivity index (χ3v) is 7.43. The maximum Gasteiger partial charge on any atom is 0.262 e. The van der Waals surface area contributed by atoms with E-state index < -0.39 is 10.0 Å². The van der Waals surface area contributed by atoms with Crippen molar-refractivity contribution in [2.24, 2.45) is 0 Å². The average molecular weight is 471 g/mol. The van der Waals surface area contributed by atoms with E-state index in [0.717, 1.165) is 11.1 Å². The Labute approximate surface area is 192 Å². The molecular weight excluding hydrogens is 448 g/mol. The van der Waals surface area contributed by atoms with Gasteiger partial charge in [-0.1, -0.05) is 48.0 Å². The lowest BCUT2D eigenvalue weighted by atomic mass is 10.0. The molecule has 6 nitrogen and oxygen atoms in total. The van der Waals surface area contributed by atoms with Crippen molar-refractivity contribution >= 4 is 33.2 Å². The van der Waals surface area contributed by atoms with Gasteiger partial charge in [-0.3, -0.25) is 4.79 Å². The number of halogens is 1. The molecule has 3 aromatic rings. The summed E-state index contributed by atoms with van der Waals surface area (Å²) in [5, 5.41) is 2.88. The van der Waals surface area contributed by atoms with Gasteiger partial charge in [0.25, 0.3) is 5.91 Å². The SMILES string of the molecule is Cc1cccc(NC(=O)COc2ccc(S(=O)(=O)N3CCc4ccccc4C3)cc2Cl)c1. The van der Waals surface area contributed by atoms with E-state index in [1.165, 1.54) is 28.1 Å². The minimum Gasteiger partial charge on any atom is -0.482 e. The van der Waals surface area contributed by atoms with Crippen LogP contribution < -0.4 is 10.1 Å². The summed E-state index contributed by atoms with van der Waals surface area (Å²) in [6.07, 6.45) is 0.667. The Morgan fingerprint density at radius 2 is 1.84 bits per heavy atom. The summed E-state index contributed by atoms with van der Waals surface area (Å²) in [6.45, 7) is 2.43. The molecule has 0 radical (unpaired) electrons. The molecule has 0 spiro atoms. The van der Waals surface area contributed by atoms with Crippen molar-refractivity contribution in [1.29, 1.82) is 0 Å². The second-order valence-electron chi connectivity index (χ2n) is 7.66. The van der Waals surface area contributed by atoms with Crippen LogP contribution in [0.25, 0.3) is 0 Å². The molecule has 0 fully saturated rings. The lowest BCUT2D eigenvalue weighted by molar-refractivity contribution is -0.118. The molecule has 32 heavy (non-hydrogen) atoms. The number of carbonyl (C=O) groups excluding carboxylic acids is 1. The van der Waals surface area contributed by atoms with Gasteiger partial charge in [0.05, 0.1) is 9.92 Å². The molecule has 4 rings (SSSR count). The number of fused-ring (bicyclic) bond motifs is 1. The van der Waals surface area contributed by atoms with Crippen LogP contribution in [0, 0.1) is 6.92 Å². The molecule has 0 atom stereocenters. The Morgan fingerprint density at radius 3 is 2.59 bits per heavy atom. The van der Waals surface area contributed by atoms with Crippen molar-refractivity contribution in [2.75, 3.05) is 18.5 Å². The maximum absolute atomic E-state index is 13.1. The summed E-state index contributed by atoms with van der Waals surface area (Å²) in [5.74, 6) is -0.0932. The van der Waals surface area contributed by atoms with Crippen LogP contribution in [0.4, 0.5) is 5.69 Å². The number of hydrogen-bond acceptors (Lipinski definition) is 4. The number of carbonyl (C=O) groups is 1. The summed E-state index contributed by atoms with van der Waals surface area (Å²) in [5.41, 5.74) is 3.88. The smallest absolute Gasteiger partial charge is 0.262 e. The first kappa shape index (κ1) is 22.3. The minimum atomic E-state index is -3.71. The zero-order valence-corrected chi connectivity index (χ0v) is 19.1. The molecular formula is C24H23ClN2O4S. The standard InChI is InChI=1S/C24H23ClN2O4S/c1-17-5-4-8-20(13-17)26-24(28)16-31-23-10-9-21(14-22(23)25)32(29,30)27-12-11-18-6-2-3-7-19(18)15-27/h2-10,13-14H,11-12,15-16H2,1H3,(H,26,28). The fourth-order valence-corrected chi connectivity index (χ4v) is 5.39. The molecule has 1 aliphatic heterocycles. The van der Waals surface area contributed by atoms with Crippen LogP contribution in [-0.2, 0) is 27.8 Å². The maximum atomic E-state index is 13.1. The first-order valence-corrected chi connectivity index (χ1v) is 12.0. The number of hydrogen-bond donors (Lipinski definition) is 1. The van der Waals surface area contributed by atoms with E-state index in [1.54, 1.807) is 6.07 Å². The number of nitrogens with zero attached hydrogens (tertiary/aromatic N) is 1. The third-order valence-electron chi connectivity index (χ3n) is 5.30. The summed E-state index contributed by atoms with van der Waals surface area (Å²) < 4.78 is 33.2. The lowest BCUT2D eigenvalue weighted by Crippen LogP contribution is -2.35. The molecule has 0 unspecified atom stereocenters. The van der Waals surface area contributed by atoms with Crippen LogP contribution in [0.2, 0.25) is 5.02 Å². The summed E-state index contributed by atoms with van der Waals surface area (Å²) >= 11 is 6.28. The molecule has 1 amide bonds. The van der Waals surface area contributed by atoms with Gasteiger partial charge in [-0.25, -0.2) is 8.42 Å². The molecule has 0 saturated carbocycles.